The first kappa shape index (κ1) is 15.7. The Kier molecular flexibility index (Phi) is 5.07. The highest BCUT2D eigenvalue weighted by Gasteiger charge is 2.21. The zero-order valence-electron chi connectivity index (χ0n) is 13.0. The van der Waals surface area contributed by atoms with E-state index in [1.54, 1.807) is 18.2 Å². The third-order valence-corrected chi connectivity index (χ3v) is 4.39. The van der Waals surface area contributed by atoms with E-state index in [0.29, 0.717) is 35.4 Å². The van der Waals surface area contributed by atoms with E-state index in [0.717, 1.165) is 17.8 Å². The summed E-state index contributed by atoms with van der Waals surface area (Å²) in [5.41, 5.74) is 0.449. The van der Waals surface area contributed by atoms with Gasteiger partial charge < -0.3 is 9.47 Å². The van der Waals surface area contributed by atoms with Crippen molar-refractivity contribution in [3.63, 3.8) is 0 Å². The number of amides is 1. The molecule has 0 atom stereocenters. The normalized spacial score (nSPS) is 12.9. The molecule has 2 aromatic rings. The fourth-order valence-corrected chi connectivity index (χ4v) is 3.12. The number of nitrogens with zero attached hydrogens (tertiary/aromatic N) is 2. The van der Waals surface area contributed by atoms with Gasteiger partial charge in [-0.05, 0) is 18.6 Å². The number of fused-ring (bicyclic) bond motifs is 1. The number of hydrogen-bond donors (Lipinski definition) is 1. The molecular formula is C16H19N3O3S. The first-order chi connectivity index (χ1) is 11.3. The van der Waals surface area contributed by atoms with Gasteiger partial charge in [-0.15, -0.1) is 10.2 Å². The van der Waals surface area contributed by atoms with E-state index in [1.165, 1.54) is 24.2 Å². The number of benzene rings is 1. The Morgan fingerprint density at radius 3 is 3.00 bits per heavy atom. The van der Waals surface area contributed by atoms with Gasteiger partial charge in [-0.2, -0.15) is 0 Å². The topological polar surface area (TPSA) is 73.3 Å². The Morgan fingerprint density at radius 1 is 1.26 bits per heavy atom. The van der Waals surface area contributed by atoms with Crippen molar-refractivity contribution in [3.8, 4) is 11.5 Å². The molecule has 7 heteroatoms. The number of aryl methyl sites for hydroxylation is 1. The summed E-state index contributed by atoms with van der Waals surface area (Å²) >= 11 is 1.42. The molecule has 0 fully saturated rings. The molecule has 0 saturated heterocycles. The van der Waals surface area contributed by atoms with Crippen molar-refractivity contribution < 1.29 is 14.3 Å². The lowest BCUT2D eigenvalue weighted by atomic mass is 10.1. The minimum atomic E-state index is -0.261. The van der Waals surface area contributed by atoms with E-state index in [4.69, 9.17) is 9.47 Å². The van der Waals surface area contributed by atoms with Crippen LogP contribution in [-0.2, 0) is 6.42 Å². The van der Waals surface area contributed by atoms with Crippen LogP contribution in [0.15, 0.2) is 18.2 Å². The van der Waals surface area contributed by atoms with Crippen LogP contribution in [-0.4, -0.2) is 29.3 Å². The molecule has 1 amide bonds. The van der Waals surface area contributed by atoms with Crippen LogP contribution < -0.4 is 14.8 Å². The summed E-state index contributed by atoms with van der Waals surface area (Å²) in [4.78, 5) is 12.4. The average molecular weight is 333 g/mol. The molecule has 1 aliphatic heterocycles. The molecule has 2 heterocycles. The fourth-order valence-electron chi connectivity index (χ4n) is 2.35. The van der Waals surface area contributed by atoms with Crippen molar-refractivity contribution in [3.05, 3.63) is 28.8 Å². The van der Waals surface area contributed by atoms with Gasteiger partial charge in [0.2, 0.25) is 5.13 Å². The summed E-state index contributed by atoms with van der Waals surface area (Å²) in [5, 5.41) is 12.4. The maximum Gasteiger partial charge on any atom is 0.261 e. The Bertz CT molecular complexity index is 687. The van der Waals surface area contributed by atoms with Gasteiger partial charge in [0.25, 0.3) is 5.91 Å². The first-order valence-electron chi connectivity index (χ1n) is 7.80. The number of hydrogen-bond acceptors (Lipinski definition) is 6. The molecule has 1 N–H and O–H groups in total. The van der Waals surface area contributed by atoms with E-state index in [1.807, 2.05) is 0 Å². The van der Waals surface area contributed by atoms with Crippen LogP contribution in [0.5, 0.6) is 11.5 Å². The fraction of sp³-hybridized carbons (Fsp3) is 0.438. The van der Waals surface area contributed by atoms with Crippen molar-refractivity contribution in [2.45, 2.75) is 32.6 Å². The molecule has 3 rings (SSSR count). The third kappa shape index (κ3) is 3.79. The molecule has 0 unspecified atom stereocenters. The molecule has 1 aromatic carbocycles. The Labute approximate surface area is 138 Å². The summed E-state index contributed by atoms with van der Waals surface area (Å²) in [5.74, 6) is 0.828. The Hall–Kier alpha value is -2.15. The lowest BCUT2D eigenvalue weighted by molar-refractivity contribution is 0.101. The van der Waals surface area contributed by atoms with E-state index < -0.39 is 0 Å². The van der Waals surface area contributed by atoms with Crippen LogP contribution in [0.25, 0.3) is 0 Å². The molecule has 1 aromatic heterocycles. The highest BCUT2D eigenvalue weighted by Crippen LogP contribution is 2.34. The molecule has 122 valence electrons. The smallest absolute Gasteiger partial charge is 0.261 e. The molecule has 0 spiro atoms. The Balaban J connectivity index is 1.68. The third-order valence-electron chi connectivity index (χ3n) is 3.49. The first-order valence-corrected chi connectivity index (χ1v) is 8.62. The molecule has 0 saturated carbocycles. The molecular weight excluding hydrogens is 314 g/mol. The minimum absolute atomic E-state index is 0.261. The van der Waals surface area contributed by atoms with Crippen molar-refractivity contribution >= 4 is 22.4 Å². The SMILES string of the molecule is CCCCCc1nnc(NC(=O)c2cccc3c2OCCO3)s1. The van der Waals surface area contributed by atoms with Gasteiger partial charge >= 0.3 is 0 Å². The lowest BCUT2D eigenvalue weighted by Crippen LogP contribution is -2.20. The van der Waals surface area contributed by atoms with E-state index >= 15 is 0 Å². The molecule has 0 bridgehead atoms. The molecule has 1 aliphatic rings. The predicted octanol–water partition coefficient (Wildman–Crippen LogP) is 3.29. The number of carbonyl (C=O) groups excluding carboxylic acids is 1. The highest BCUT2D eigenvalue weighted by atomic mass is 32.1. The number of para-hydroxylation sites is 1. The van der Waals surface area contributed by atoms with Gasteiger partial charge in [0.15, 0.2) is 11.5 Å². The molecule has 6 nitrogen and oxygen atoms in total. The minimum Gasteiger partial charge on any atom is -0.486 e. The number of aromatic nitrogens is 2. The second-order valence-corrected chi connectivity index (χ2v) is 6.30. The van der Waals surface area contributed by atoms with Crippen molar-refractivity contribution in [1.82, 2.24) is 10.2 Å². The van der Waals surface area contributed by atoms with Crippen LogP contribution in [0, 0.1) is 0 Å². The van der Waals surface area contributed by atoms with Crippen LogP contribution in [0.3, 0.4) is 0 Å². The van der Waals surface area contributed by atoms with Crippen LogP contribution >= 0.6 is 11.3 Å². The zero-order chi connectivity index (χ0) is 16.1. The number of rotatable bonds is 6. The molecule has 0 radical (unpaired) electrons. The second-order valence-electron chi connectivity index (χ2n) is 5.24. The van der Waals surface area contributed by atoms with Crippen LogP contribution in [0.4, 0.5) is 5.13 Å². The number of nitrogens with one attached hydrogen (secondary N) is 1. The largest absolute Gasteiger partial charge is 0.486 e. The number of ether oxygens (including phenoxy) is 2. The number of carbonyl (C=O) groups is 1. The van der Waals surface area contributed by atoms with Gasteiger partial charge in [-0.25, -0.2) is 0 Å². The molecule has 0 aliphatic carbocycles. The predicted molar refractivity (Wildman–Crippen MR) is 88.5 cm³/mol. The van der Waals surface area contributed by atoms with Gasteiger partial charge in [0, 0.05) is 6.42 Å². The second kappa shape index (κ2) is 7.41. The van der Waals surface area contributed by atoms with Crippen molar-refractivity contribution in [1.29, 1.82) is 0 Å². The van der Waals surface area contributed by atoms with Gasteiger partial charge in [0.05, 0.1) is 5.56 Å². The monoisotopic (exact) mass is 333 g/mol. The van der Waals surface area contributed by atoms with E-state index in [2.05, 4.69) is 22.4 Å². The highest BCUT2D eigenvalue weighted by molar-refractivity contribution is 7.15. The maximum atomic E-state index is 12.4. The zero-order valence-corrected chi connectivity index (χ0v) is 13.8. The molecule has 23 heavy (non-hydrogen) atoms. The van der Waals surface area contributed by atoms with Gasteiger partial charge in [0.1, 0.15) is 18.2 Å². The summed E-state index contributed by atoms with van der Waals surface area (Å²) in [6.07, 6.45) is 4.34. The van der Waals surface area contributed by atoms with Crippen LogP contribution in [0.2, 0.25) is 0 Å². The van der Waals surface area contributed by atoms with E-state index in [9.17, 15) is 4.79 Å². The summed E-state index contributed by atoms with van der Waals surface area (Å²) in [7, 11) is 0. The quantitative estimate of drug-likeness (QED) is 0.821. The van der Waals surface area contributed by atoms with Crippen molar-refractivity contribution in [2.24, 2.45) is 0 Å². The van der Waals surface area contributed by atoms with Gasteiger partial charge in [-0.3, -0.25) is 10.1 Å². The summed E-state index contributed by atoms with van der Waals surface area (Å²) < 4.78 is 11.1. The summed E-state index contributed by atoms with van der Waals surface area (Å²) in [6, 6.07) is 5.28. The Morgan fingerprint density at radius 2 is 2.13 bits per heavy atom. The van der Waals surface area contributed by atoms with E-state index in [-0.39, 0.29) is 5.91 Å². The number of unbranched alkanes of at least 4 members (excludes halogenated alkanes) is 2. The van der Waals surface area contributed by atoms with Crippen LogP contribution in [0.1, 0.15) is 41.6 Å². The van der Waals surface area contributed by atoms with Gasteiger partial charge in [-0.1, -0.05) is 37.2 Å². The maximum absolute atomic E-state index is 12.4. The number of anilines is 1. The lowest BCUT2D eigenvalue weighted by Gasteiger charge is -2.20. The standard InChI is InChI=1S/C16H19N3O3S/c1-2-3-4-8-13-18-19-16(23-13)17-15(20)11-6-5-7-12-14(11)22-10-9-21-12/h5-7H,2-4,8-10H2,1H3,(H,17,19,20). The van der Waals surface area contributed by atoms with Crippen molar-refractivity contribution in [2.75, 3.05) is 18.5 Å². The summed E-state index contributed by atoms with van der Waals surface area (Å²) in [6.45, 7) is 3.10. The average Bonchev–Trinajstić information content (AvgIpc) is 3.02.